The highest BCUT2D eigenvalue weighted by molar-refractivity contribution is 8.93. The van der Waals surface area contributed by atoms with Crippen LogP contribution in [0.1, 0.15) is 98.3 Å². The van der Waals surface area contributed by atoms with Gasteiger partial charge >= 0.3 is 5.97 Å². The molecular weight excluding hydrogens is 368 g/mol. The molecule has 7 N–H and O–H groups in total. The second-order valence-corrected chi connectivity index (χ2v) is 6.59. The van der Waals surface area contributed by atoms with Crippen molar-refractivity contribution >= 4 is 23.0 Å². The van der Waals surface area contributed by atoms with Crippen LogP contribution in [0, 0.1) is 5.92 Å². The van der Waals surface area contributed by atoms with Crippen LogP contribution < -0.4 is 12.3 Å². The summed E-state index contributed by atoms with van der Waals surface area (Å²) >= 11 is 0. The van der Waals surface area contributed by atoms with Crippen LogP contribution in [0.5, 0.6) is 0 Å². The second-order valence-electron chi connectivity index (χ2n) is 6.59. The summed E-state index contributed by atoms with van der Waals surface area (Å²) in [6.07, 6.45) is 14.3. The normalized spacial score (nSPS) is 10.7. The Morgan fingerprint density at radius 3 is 1.54 bits per heavy atom. The lowest BCUT2D eigenvalue weighted by molar-refractivity contribution is -0.133. The van der Waals surface area contributed by atoms with Gasteiger partial charge in [-0.05, 0) is 26.2 Å². The molecule has 4 nitrogen and oxygen atoms in total. The topological polar surface area (TPSA) is 107 Å². The van der Waals surface area contributed by atoms with Crippen molar-refractivity contribution in [3.8, 4) is 0 Å². The molecule has 0 saturated carbocycles. The highest BCUT2D eigenvalue weighted by atomic mass is 79.9. The van der Waals surface area contributed by atoms with E-state index in [4.69, 9.17) is 0 Å². The molecule has 0 spiro atoms. The summed E-state index contributed by atoms with van der Waals surface area (Å²) in [5.41, 5.74) is 1.56. The van der Waals surface area contributed by atoms with Crippen molar-refractivity contribution in [1.82, 2.24) is 12.3 Å². The van der Waals surface area contributed by atoms with Crippen molar-refractivity contribution < 1.29 is 9.90 Å². The van der Waals surface area contributed by atoms with Crippen LogP contribution in [0.2, 0.25) is 0 Å². The van der Waals surface area contributed by atoms with Gasteiger partial charge in [-0.15, -0.1) is 17.0 Å². The van der Waals surface area contributed by atoms with E-state index < -0.39 is 5.97 Å². The maximum absolute atomic E-state index is 11.2. The third kappa shape index (κ3) is 16.5. The fourth-order valence-electron chi connectivity index (χ4n) is 3.00. The van der Waals surface area contributed by atoms with Gasteiger partial charge in [0.2, 0.25) is 0 Å². The van der Waals surface area contributed by atoms with Crippen LogP contribution >= 0.6 is 17.0 Å². The van der Waals surface area contributed by atoms with Gasteiger partial charge in [-0.2, -0.15) is 0 Å². The van der Waals surface area contributed by atoms with Crippen molar-refractivity contribution in [3.05, 3.63) is 11.1 Å². The molecule has 0 rings (SSSR count). The van der Waals surface area contributed by atoms with Crippen molar-refractivity contribution in [2.45, 2.75) is 98.3 Å². The monoisotopic (exact) mass is 410 g/mol. The summed E-state index contributed by atoms with van der Waals surface area (Å²) in [5.74, 6) is -0.559. The minimum atomic E-state index is -0.741. The van der Waals surface area contributed by atoms with Gasteiger partial charge in [0, 0.05) is 5.57 Å². The van der Waals surface area contributed by atoms with Crippen LogP contribution in [-0.4, -0.2) is 11.1 Å². The molecule has 5 heteroatoms. The van der Waals surface area contributed by atoms with Crippen molar-refractivity contribution in [1.29, 1.82) is 0 Å². The fourth-order valence-corrected chi connectivity index (χ4v) is 3.00. The van der Waals surface area contributed by atoms with E-state index in [0.29, 0.717) is 5.57 Å². The molecule has 1 unspecified atom stereocenters. The molecule has 0 aromatic rings. The first kappa shape index (κ1) is 31.4. The van der Waals surface area contributed by atoms with Gasteiger partial charge in [0.1, 0.15) is 0 Å². The predicted molar refractivity (Wildman–Crippen MR) is 112 cm³/mol. The van der Waals surface area contributed by atoms with E-state index in [1.807, 2.05) is 20.8 Å². The number of rotatable bonds is 13. The van der Waals surface area contributed by atoms with Crippen LogP contribution in [0.15, 0.2) is 11.1 Å². The number of carboxylic acid groups (broad SMARTS) is 1. The van der Waals surface area contributed by atoms with E-state index in [-0.39, 0.29) is 35.2 Å². The summed E-state index contributed by atoms with van der Waals surface area (Å²) in [6.45, 7) is 8.10. The Hall–Kier alpha value is -0.390. The van der Waals surface area contributed by atoms with Crippen molar-refractivity contribution in [3.63, 3.8) is 0 Å². The van der Waals surface area contributed by atoms with Gasteiger partial charge in [-0.3, -0.25) is 0 Å². The van der Waals surface area contributed by atoms with E-state index in [9.17, 15) is 9.90 Å². The first-order valence-corrected chi connectivity index (χ1v) is 8.91. The first-order chi connectivity index (χ1) is 10.0. The molecule has 0 heterocycles. The lowest BCUT2D eigenvalue weighted by Crippen LogP contribution is -2.11. The van der Waals surface area contributed by atoms with Crippen LogP contribution in [0.4, 0.5) is 0 Å². The van der Waals surface area contributed by atoms with Crippen LogP contribution in [-0.2, 0) is 4.79 Å². The number of aliphatic carboxylic acids is 1. The number of allylic oxidation sites excluding steroid dienone is 1. The number of carboxylic acids is 1. The summed E-state index contributed by atoms with van der Waals surface area (Å²) in [5, 5.41) is 9.22. The number of unbranched alkanes of at least 4 members (excludes halogenated alkanes) is 9. The van der Waals surface area contributed by atoms with E-state index in [0.717, 1.165) is 18.4 Å². The number of halogens is 1. The Morgan fingerprint density at radius 1 is 0.833 bits per heavy atom. The lowest BCUT2D eigenvalue weighted by Gasteiger charge is -2.14. The molecular formula is C19H43BrN2O2. The molecule has 24 heavy (non-hydrogen) atoms. The summed E-state index contributed by atoms with van der Waals surface area (Å²) in [7, 11) is 0. The minimum absolute atomic E-state index is 0. The smallest absolute Gasteiger partial charge is 0.331 e. The average molecular weight is 411 g/mol. The second kappa shape index (κ2) is 20.7. The molecule has 0 radical (unpaired) electrons. The lowest BCUT2D eigenvalue weighted by atomic mass is 9.91. The molecule has 1 atom stereocenters. The van der Waals surface area contributed by atoms with Gasteiger partial charge in [-0.1, -0.05) is 83.6 Å². The maximum Gasteiger partial charge on any atom is 0.331 e. The SMILES string of the molecule is Br.CCCCCCCCCCCCC(C)C(C(=O)O)=C(C)C.N.N. The maximum atomic E-state index is 11.2. The average Bonchev–Trinajstić information content (AvgIpc) is 2.40. The first-order valence-electron chi connectivity index (χ1n) is 8.91. The molecule has 0 aliphatic carbocycles. The van der Waals surface area contributed by atoms with E-state index in [2.05, 4.69) is 6.92 Å². The molecule has 0 saturated heterocycles. The zero-order valence-electron chi connectivity index (χ0n) is 16.5. The van der Waals surface area contributed by atoms with Gasteiger partial charge in [0.25, 0.3) is 0 Å². The molecule has 148 valence electrons. The Labute approximate surface area is 160 Å². The molecule has 0 aromatic heterocycles. The third-order valence-electron chi connectivity index (χ3n) is 4.25. The minimum Gasteiger partial charge on any atom is -0.478 e. The zero-order chi connectivity index (χ0) is 16.1. The van der Waals surface area contributed by atoms with Crippen molar-refractivity contribution in [2.75, 3.05) is 0 Å². The third-order valence-corrected chi connectivity index (χ3v) is 4.25. The highest BCUT2D eigenvalue weighted by Gasteiger charge is 2.16. The van der Waals surface area contributed by atoms with Crippen molar-refractivity contribution in [2.24, 2.45) is 5.92 Å². The summed E-state index contributed by atoms with van der Waals surface area (Å²) < 4.78 is 0. The Bertz CT molecular complexity index is 316. The molecule has 0 aliphatic heterocycles. The molecule has 0 bridgehead atoms. The quantitative estimate of drug-likeness (QED) is 0.219. The highest BCUT2D eigenvalue weighted by Crippen LogP contribution is 2.22. The number of hydrogen-bond acceptors (Lipinski definition) is 3. The Balaban J connectivity index is -0.000000667. The van der Waals surface area contributed by atoms with E-state index >= 15 is 0 Å². The molecule has 0 aliphatic rings. The number of hydrogen-bond donors (Lipinski definition) is 3. The summed E-state index contributed by atoms with van der Waals surface area (Å²) in [4.78, 5) is 11.2. The van der Waals surface area contributed by atoms with Gasteiger partial charge in [0.05, 0.1) is 0 Å². The predicted octanol–water partition coefficient (Wildman–Crippen LogP) is 7.26. The Morgan fingerprint density at radius 2 is 1.21 bits per heavy atom. The van der Waals surface area contributed by atoms with Gasteiger partial charge in [-0.25, -0.2) is 4.79 Å². The summed E-state index contributed by atoms with van der Waals surface area (Å²) in [6, 6.07) is 0. The Kier molecular flexibility index (Phi) is 27.0. The van der Waals surface area contributed by atoms with Gasteiger partial charge < -0.3 is 17.4 Å². The van der Waals surface area contributed by atoms with Crippen LogP contribution in [0.25, 0.3) is 0 Å². The fraction of sp³-hybridized carbons (Fsp3) is 0.842. The van der Waals surface area contributed by atoms with Crippen LogP contribution in [0.3, 0.4) is 0 Å². The molecule has 0 aromatic carbocycles. The standard InChI is InChI=1S/C19H36O2.BrH.2H3N/c1-5-6-7-8-9-10-11-12-13-14-15-17(4)18(16(2)3)19(20)21;;;/h17H,5-15H2,1-4H3,(H,20,21);1H;2*1H3. The van der Waals surface area contributed by atoms with E-state index in [1.54, 1.807) is 0 Å². The van der Waals surface area contributed by atoms with E-state index in [1.165, 1.54) is 57.8 Å². The largest absolute Gasteiger partial charge is 0.478 e. The molecule has 0 fully saturated rings. The molecule has 0 amide bonds. The zero-order valence-corrected chi connectivity index (χ0v) is 18.2. The van der Waals surface area contributed by atoms with Gasteiger partial charge in [0.15, 0.2) is 0 Å². The number of carbonyl (C=O) groups is 1.